The van der Waals surface area contributed by atoms with Crippen molar-refractivity contribution in [2.45, 2.75) is 18.6 Å². The van der Waals surface area contributed by atoms with E-state index in [0.717, 1.165) is 29.7 Å². The molecule has 2 unspecified atom stereocenters. The van der Waals surface area contributed by atoms with Crippen molar-refractivity contribution in [2.24, 2.45) is 0 Å². The van der Waals surface area contributed by atoms with Gasteiger partial charge in [0.1, 0.15) is 11.8 Å². The Hall–Kier alpha value is -2.44. The standard InChI is InChI=1S/C17H19N5O/c18-17-16-15(20-10-21-17)12(6-19-16)7-22-8-13(14(23)9-22)11-4-2-1-3-5-11/h1-6,10,13-14,19,23H,7-9H2,(H2,18,20,21). The SMILES string of the molecule is Nc1ncnc2c(CN3CC(O)C(c4ccccc4)C3)c[nH]c12. The van der Waals surface area contributed by atoms with E-state index in [-0.39, 0.29) is 12.0 Å². The summed E-state index contributed by atoms with van der Waals surface area (Å²) in [4.78, 5) is 13.7. The van der Waals surface area contributed by atoms with E-state index in [1.807, 2.05) is 24.4 Å². The van der Waals surface area contributed by atoms with Crippen molar-refractivity contribution in [1.29, 1.82) is 0 Å². The zero-order chi connectivity index (χ0) is 15.8. The molecule has 1 aromatic carbocycles. The molecule has 1 aliphatic heterocycles. The van der Waals surface area contributed by atoms with Crippen LogP contribution in [0.25, 0.3) is 11.0 Å². The van der Waals surface area contributed by atoms with E-state index in [1.165, 1.54) is 11.9 Å². The van der Waals surface area contributed by atoms with E-state index in [2.05, 4.69) is 32.0 Å². The number of fused-ring (bicyclic) bond motifs is 1. The second kappa shape index (κ2) is 5.64. The van der Waals surface area contributed by atoms with Gasteiger partial charge in [0.25, 0.3) is 0 Å². The maximum absolute atomic E-state index is 10.4. The fourth-order valence-corrected chi connectivity index (χ4v) is 3.40. The van der Waals surface area contributed by atoms with Crippen LogP contribution in [-0.2, 0) is 6.54 Å². The molecule has 2 atom stereocenters. The molecule has 3 heterocycles. The summed E-state index contributed by atoms with van der Waals surface area (Å²) in [5.74, 6) is 0.617. The van der Waals surface area contributed by atoms with Crippen molar-refractivity contribution in [2.75, 3.05) is 18.8 Å². The molecule has 6 heteroatoms. The molecule has 0 amide bonds. The Bertz CT molecular complexity index is 816. The van der Waals surface area contributed by atoms with Gasteiger partial charge in [-0.15, -0.1) is 0 Å². The first-order chi connectivity index (χ1) is 11.2. The number of aliphatic hydroxyl groups is 1. The average molecular weight is 309 g/mol. The highest BCUT2D eigenvalue weighted by Gasteiger charge is 2.32. The Labute approximate surface area is 134 Å². The quantitative estimate of drug-likeness (QED) is 0.682. The topological polar surface area (TPSA) is 91.1 Å². The van der Waals surface area contributed by atoms with Gasteiger partial charge in [0.15, 0.2) is 5.82 Å². The predicted octanol–water partition coefficient (Wildman–Crippen LogP) is 1.50. The molecule has 0 aliphatic carbocycles. The molecule has 118 valence electrons. The zero-order valence-electron chi connectivity index (χ0n) is 12.7. The maximum atomic E-state index is 10.4. The number of aromatic nitrogens is 3. The summed E-state index contributed by atoms with van der Waals surface area (Å²) in [5, 5.41) is 10.4. The number of benzene rings is 1. The number of likely N-dealkylation sites (tertiary alicyclic amines) is 1. The van der Waals surface area contributed by atoms with Crippen molar-refractivity contribution in [1.82, 2.24) is 19.9 Å². The first-order valence-corrected chi connectivity index (χ1v) is 7.74. The summed E-state index contributed by atoms with van der Waals surface area (Å²) >= 11 is 0. The Balaban J connectivity index is 1.55. The summed E-state index contributed by atoms with van der Waals surface area (Å²) in [7, 11) is 0. The highest BCUT2D eigenvalue weighted by Crippen LogP contribution is 2.29. The number of hydrogen-bond donors (Lipinski definition) is 3. The fraction of sp³-hybridized carbons (Fsp3) is 0.294. The lowest BCUT2D eigenvalue weighted by atomic mass is 9.96. The number of nitrogen functional groups attached to an aromatic ring is 1. The molecule has 0 bridgehead atoms. The van der Waals surface area contributed by atoms with Crippen LogP contribution in [0.4, 0.5) is 5.82 Å². The number of nitrogens with two attached hydrogens (primary N) is 1. The number of anilines is 1. The smallest absolute Gasteiger partial charge is 0.151 e. The van der Waals surface area contributed by atoms with Gasteiger partial charge in [-0.25, -0.2) is 9.97 Å². The molecule has 0 saturated carbocycles. The summed E-state index contributed by atoms with van der Waals surface area (Å²) in [6, 6.07) is 10.2. The van der Waals surface area contributed by atoms with Crippen LogP contribution in [0.15, 0.2) is 42.9 Å². The van der Waals surface area contributed by atoms with Crippen molar-refractivity contribution in [3.05, 3.63) is 54.0 Å². The third-order valence-corrected chi connectivity index (χ3v) is 4.56. The highest BCUT2D eigenvalue weighted by atomic mass is 16.3. The number of nitrogens with zero attached hydrogens (tertiary/aromatic N) is 3. The molecular weight excluding hydrogens is 290 g/mol. The Morgan fingerprint density at radius 2 is 2.04 bits per heavy atom. The van der Waals surface area contributed by atoms with Gasteiger partial charge >= 0.3 is 0 Å². The summed E-state index contributed by atoms with van der Waals surface area (Å²) in [6.07, 6.45) is 3.07. The largest absolute Gasteiger partial charge is 0.391 e. The van der Waals surface area contributed by atoms with E-state index in [9.17, 15) is 5.11 Å². The Morgan fingerprint density at radius 1 is 1.22 bits per heavy atom. The molecular formula is C17H19N5O. The monoisotopic (exact) mass is 309 g/mol. The number of β-amino-alcohol motifs (C(OH)–C–C–N with tert-alkyl or cyclic N) is 1. The van der Waals surface area contributed by atoms with Crippen LogP contribution in [0.3, 0.4) is 0 Å². The van der Waals surface area contributed by atoms with Crippen LogP contribution in [0, 0.1) is 0 Å². The lowest BCUT2D eigenvalue weighted by Gasteiger charge is -2.15. The summed E-state index contributed by atoms with van der Waals surface area (Å²) < 4.78 is 0. The third-order valence-electron chi connectivity index (χ3n) is 4.56. The Morgan fingerprint density at radius 3 is 2.87 bits per heavy atom. The van der Waals surface area contributed by atoms with Gasteiger partial charge in [-0.1, -0.05) is 30.3 Å². The van der Waals surface area contributed by atoms with Crippen molar-refractivity contribution in [3.8, 4) is 0 Å². The van der Waals surface area contributed by atoms with E-state index in [1.54, 1.807) is 0 Å². The molecule has 1 saturated heterocycles. The first-order valence-electron chi connectivity index (χ1n) is 7.74. The normalized spacial score (nSPS) is 22.0. The highest BCUT2D eigenvalue weighted by molar-refractivity contribution is 5.86. The number of H-pyrrole nitrogens is 1. The van der Waals surface area contributed by atoms with Gasteiger partial charge in [0, 0.05) is 37.3 Å². The molecule has 1 fully saturated rings. The number of nitrogens with one attached hydrogen (secondary N) is 1. The van der Waals surface area contributed by atoms with Crippen LogP contribution >= 0.6 is 0 Å². The van der Waals surface area contributed by atoms with Crippen molar-refractivity contribution < 1.29 is 5.11 Å². The van der Waals surface area contributed by atoms with Gasteiger partial charge in [0.2, 0.25) is 0 Å². The zero-order valence-corrected chi connectivity index (χ0v) is 12.7. The summed E-state index contributed by atoms with van der Waals surface area (Å²) in [5.41, 5.74) is 9.76. The number of rotatable bonds is 3. The van der Waals surface area contributed by atoms with Gasteiger partial charge < -0.3 is 15.8 Å². The van der Waals surface area contributed by atoms with Crippen molar-refractivity contribution in [3.63, 3.8) is 0 Å². The van der Waals surface area contributed by atoms with E-state index < -0.39 is 0 Å². The van der Waals surface area contributed by atoms with Gasteiger partial charge in [0.05, 0.1) is 11.6 Å². The van der Waals surface area contributed by atoms with Crippen molar-refractivity contribution >= 4 is 16.9 Å². The molecule has 4 N–H and O–H groups in total. The van der Waals surface area contributed by atoms with E-state index in [4.69, 9.17) is 5.73 Å². The third kappa shape index (κ3) is 2.56. The predicted molar refractivity (Wildman–Crippen MR) is 88.8 cm³/mol. The van der Waals surface area contributed by atoms with Crippen LogP contribution in [0.1, 0.15) is 17.0 Å². The van der Waals surface area contributed by atoms with Crippen LogP contribution in [0.5, 0.6) is 0 Å². The van der Waals surface area contributed by atoms with E-state index in [0.29, 0.717) is 12.4 Å². The minimum Gasteiger partial charge on any atom is -0.391 e. The van der Waals surface area contributed by atoms with Crippen LogP contribution in [0.2, 0.25) is 0 Å². The number of aromatic amines is 1. The molecule has 1 aliphatic rings. The second-order valence-electron chi connectivity index (χ2n) is 6.08. The number of aliphatic hydroxyl groups excluding tert-OH is 1. The molecule has 3 aromatic rings. The minimum atomic E-state index is -0.345. The van der Waals surface area contributed by atoms with Crippen LogP contribution < -0.4 is 5.73 Å². The summed E-state index contributed by atoms with van der Waals surface area (Å²) in [6.45, 7) is 2.22. The maximum Gasteiger partial charge on any atom is 0.151 e. The van der Waals surface area contributed by atoms with Gasteiger partial charge in [-0.05, 0) is 5.56 Å². The molecule has 6 nitrogen and oxygen atoms in total. The first kappa shape index (κ1) is 14.2. The van der Waals surface area contributed by atoms with Gasteiger partial charge in [-0.3, -0.25) is 4.90 Å². The average Bonchev–Trinajstić information content (AvgIpc) is 3.14. The molecule has 23 heavy (non-hydrogen) atoms. The lowest BCUT2D eigenvalue weighted by Crippen LogP contribution is -2.21. The molecule has 4 rings (SSSR count). The lowest BCUT2D eigenvalue weighted by molar-refractivity contribution is 0.163. The Kier molecular flexibility index (Phi) is 3.48. The molecule has 0 radical (unpaired) electrons. The van der Waals surface area contributed by atoms with Gasteiger partial charge in [-0.2, -0.15) is 0 Å². The number of hydrogen-bond acceptors (Lipinski definition) is 5. The second-order valence-corrected chi connectivity index (χ2v) is 6.08. The minimum absolute atomic E-state index is 0.154. The van der Waals surface area contributed by atoms with Crippen LogP contribution in [-0.4, -0.2) is 44.2 Å². The molecule has 0 spiro atoms. The fourth-order valence-electron chi connectivity index (χ4n) is 3.40. The molecule has 2 aromatic heterocycles. The van der Waals surface area contributed by atoms with E-state index >= 15 is 0 Å².